The smallest absolute Gasteiger partial charge is 0.123 e. The second-order valence-corrected chi connectivity index (χ2v) is 4.75. The van der Waals surface area contributed by atoms with Crippen molar-refractivity contribution in [2.24, 2.45) is 0 Å². The van der Waals surface area contributed by atoms with Crippen LogP contribution in [-0.2, 0) is 0 Å². The first-order valence-corrected chi connectivity index (χ1v) is 5.99. The summed E-state index contributed by atoms with van der Waals surface area (Å²) in [6, 6.07) is 6.08. The maximum atomic E-state index is 5.73. The third-order valence-corrected chi connectivity index (χ3v) is 2.61. The predicted octanol–water partition coefficient (Wildman–Crippen LogP) is 2.76. The van der Waals surface area contributed by atoms with Gasteiger partial charge in [-0.15, -0.1) is 0 Å². The monoisotopic (exact) mass is 237 g/mol. The van der Waals surface area contributed by atoms with Gasteiger partial charge in [-0.3, -0.25) is 0 Å². The molecule has 0 saturated carbocycles. The second-order valence-electron chi connectivity index (χ2n) is 4.75. The van der Waals surface area contributed by atoms with E-state index in [0.717, 1.165) is 18.0 Å². The maximum Gasteiger partial charge on any atom is 0.123 e. The number of hydrogen-bond acceptors (Lipinski definition) is 3. The lowest BCUT2D eigenvalue weighted by molar-refractivity contribution is 0.260. The lowest BCUT2D eigenvalue weighted by Gasteiger charge is -2.14. The van der Waals surface area contributed by atoms with Crippen LogP contribution >= 0.6 is 0 Å². The van der Waals surface area contributed by atoms with E-state index in [9.17, 15) is 0 Å². The quantitative estimate of drug-likeness (QED) is 0.759. The Balaban J connectivity index is 2.73. The molecule has 17 heavy (non-hydrogen) atoms. The van der Waals surface area contributed by atoms with Crippen LogP contribution in [0.25, 0.3) is 0 Å². The molecule has 0 atom stereocenters. The number of nitrogens with zero attached hydrogens (tertiary/aromatic N) is 1. The highest BCUT2D eigenvalue weighted by Crippen LogP contribution is 2.27. The van der Waals surface area contributed by atoms with Gasteiger partial charge < -0.3 is 14.4 Å². The summed E-state index contributed by atoms with van der Waals surface area (Å²) in [5, 5.41) is 0. The molecule has 3 heteroatoms. The van der Waals surface area contributed by atoms with Crippen molar-refractivity contribution in [3.8, 4) is 11.5 Å². The highest BCUT2D eigenvalue weighted by Gasteiger charge is 2.05. The normalized spacial score (nSPS) is 11.0. The number of ether oxygens (including phenoxy) is 2. The zero-order chi connectivity index (χ0) is 12.8. The fraction of sp³-hybridized carbons (Fsp3) is 0.571. The lowest BCUT2D eigenvalue weighted by atomic mass is 10.0. The molecule has 0 heterocycles. The summed E-state index contributed by atoms with van der Waals surface area (Å²) in [7, 11) is 5.76. The molecule has 0 N–H and O–H groups in total. The standard InChI is InChI=1S/C14H23NO2/c1-11(2)12-8-13(16-5)10-14(9-12)17-7-6-15(3)4/h8-11H,6-7H2,1-5H3. The number of hydrogen-bond donors (Lipinski definition) is 0. The van der Waals surface area contributed by atoms with Crippen LogP contribution in [0.2, 0.25) is 0 Å². The van der Waals surface area contributed by atoms with Gasteiger partial charge in [-0.2, -0.15) is 0 Å². The SMILES string of the molecule is COc1cc(OCCN(C)C)cc(C(C)C)c1. The van der Waals surface area contributed by atoms with Crippen LogP contribution in [0.4, 0.5) is 0 Å². The highest BCUT2D eigenvalue weighted by molar-refractivity contribution is 5.39. The van der Waals surface area contributed by atoms with Gasteiger partial charge >= 0.3 is 0 Å². The Morgan fingerprint density at radius 1 is 1.12 bits per heavy atom. The van der Waals surface area contributed by atoms with Gasteiger partial charge in [-0.05, 0) is 37.7 Å². The molecule has 0 bridgehead atoms. The van der Waals surface area contributed by atoms with Crippen LogP contribution in [0, 0.1) is 0 Å². The van der Waals surface area contributed by atoms with Gasteiger partial charge in [-0.1, -0.05) is 13.8 Å². The Morgan fingerprint density at radius 2 is 1.76 bits per heavy atom. The van der Waals surface area contributed by atoms with Gasteiger partial charge in [0.25, 0.3) is 0 Å². The van der Waals surface area contributed by atoms with Gasteiger partial charge in [0.2, 0.25) is 0 Å². The second kappa shape index (κ2) is 6.50. The maximum absolute atomic E-state index is 5.73. The van der Waals surface area contributed by atoms with Crippen molar-refractivity contribution in [3.05, 3.63) is 23.8 Å². The summed E-state index contributed by atoms with van der Waals surface area (Å²) >= 11 is 0. The van der Waals surface area contributed by atoms with Crippen molar-refractivity contribution in [2.45, 2.75) is 19.8 Å². The van der Waals surface area contributed by atoms with E-state index in [-0.39, 0.29) is 0 Å². The molecule has 0 amide bonds. The van der Waals surface area contributed by atoms with Gasteiger partial charge in [0.15, 0.2) is 0 Å². The van der Waals surface area contributed by atoms with Gasteiger partial charge in [0.1, 0.15) is 18.1 Å². The van der Waals surface area contributed by atoms with Crippen LogP contribution < -0.4 is 9.47 Å². The average molecular weight is 237 g/mol. The molecule has 0 saturated heterocycles. The van der Waals surface area contributed by atoms with E-state index >= 15 is 0 Å². The van der Waals surface area contributed by atoms with Crippen LogP contribution in [0.15, 0.2) is 18.2 Å². The number of likely N-dealkylation sites (N-methyl/N-ethyl adjacent to an activating group) is 1. The molecule has 0 aliphatic carbocycles. The van der Waals surface area contributed by atoms with E-state index in [4.69, 9.17) is 9.47 Å². The van der Waals surface area contributed by atoms with E-state index in [1.165, 1.54) is 5.56 Å². The Labute approximate surface area is 104 Å². The molecule has 1 aromatic rings. The molecule has 1 aromatic carbocycles. The third kappa shape index (κ3) is 4.65. The largest absolute Gasteiger partial charge is 0.497 e. The fourth-order valence-corrected chi connectivity index (χ4v) is 1.47. The zero-order valence-corrected chi connectivity index (χ0v) is 11.5. The summed E-state index contributed by atoms with van der Waals surface area (Å²) in [6.07, 6.45) is 0. The van der Waals surface area contributed by atoms with E-state index in [0.29, 0.717) is 12.5 Å². The molecule has 0 aromatic heterocycles. The summed E-state index contributed by atoms with van der Waals surface area (Å²) < 4.78 is 11.0. The predicted molar refractivity (Wildman–Crippen MR) is 71.1 cm³/mol. The Morgan fingerprint density at radius 3 is 2.29 bits per heavy atom. The molecule has 0 aliphatic heterocycles. The molecule has 96 valence electrons. The van der Waals surface area contributed by atoms with Crippen molar-refractivity contribution in [3.63, 3.8) is 0 Å². The molecule has 0 aliphatic rings. The third-order valence-electron chi connectivity index (χ3n) is 2.61. The van der Waals surface area contributed by atoms with E-state index in [2.05, 4.69) is 30.9 Å². The lowest BCUT2D eigenvalue weighted by Crippen LogP contribution is -2.19. The van der Waals surface area contributed by atoms with Gasteiger partial charge in [0.05, 0.1) is 7.11 Å². The summed E-state index contributed by atoms with van der Waals surface area (Å²) in [6.45, 7) is 5.93. The Hall–Kier alpha value is -1.22. The minimum atomic E-state index is 0.473. The first-order valence-electron chi connectivity index (χ1n) is 5.99. The van der Waals surface area contributed by atoms with Crippen molar-refractivity contribution >= 4 is 0 Å². The number of rotatable bonds is 6. The van der Waals surface area contributed by atoms with Gasteiger partial charge in [0, 0.05) is 12.6 Å². The van der Waals surface area contributed by atoms with Crippen molar-refractivity contribution in [1.82, 2.24) is 4.90 Å². The number of methoxy groups -OCH3 is 1. The average Bonchev–Trinajstić information content (AvgIpc) is 2.28. The molecule has 1 rings (SSSR count). The van der Waals surface area contributed by atoms with Crippen molar-refractivity contribution < 1.29 is 9.47 Å². The molecule has 0 radical (unpaired) electrons. The molecule has 0 fully saturated rings. The molecule has 0 spiro atoms. The van der Waals surface area contributed by atoms with E-state index < -0.39 is 0 Å². The first kappa shape index (κ1) is 13.8. The number of benzene rings is 1. The fourth-order valence-electron chi connectivity index (χ4n) is 1.47. The van der Waals surface area contributed by atoms with Gasteiger partial charge in [-0.25, -0.2) is 0 Å². The van der Waals surface area contributed by atoms with E-state index in [1.807, 2.05) is 20.2 Å². The molecular formula is C14H23NO2. The Bertz CT molecular complexity index is 348. The highest BCUT2D eigenvalue weighted by atomic mass is 16.5. The zero-order valence-electron chi connectivity index (χ0n) is 11.5. The van der Waals surface area contributed by atoms with Crippen LogP contribution in [0.1, 0.15) is 25.3 Å². The van der Waals surface area contributed by atoms with Crippen molar-refractivity contribution in [2.75, 3.05) is 34.4 Å². The van der Waals surface area contributed by atoms with E-state index in [1.54, 1.807) is 7.11 Å². The minimum absolute atomic E-state index is 0.473. The molecular weight excluding hydrogens is 214 g/mol. The van der Waals surface area contributed by atoms with Crippen LogP contribution in [-0.4, -0.2) is 39.3 Å². The summed E-state index contributed by atoms with van der Waals surface area (Å²) in [5.41, 5.74) is 1.24. The Kier molecular flexibility index (Phi) is 5.29. The van der Waals surface area contributed by atoms with Crippen LogP contribution in [0.3, 0.4) is 0 Å². The first-order chi connectivity index (χ1) is 8.02. The summed E-state index contributed by atoms with van der Waals surface area (Å²) in [5.74, 6) is 2.22. The minimum Gasteiger partial charge on any atom is -0.497 e. The molecule has 3 nitrogen and oxygen atoms in total. The topological polar surface area (TPSA) is 21.7 Å². The van der Waals surface area contributed by atoms with Crippen LogP contribution in [0.5, 0.6) is 11.5 Å². The van der Waals surface area contributed by atoms with Crippen molar-refractivity contribution in [1.29, 1.82) is 0 Å². The molecule has 0 unspecified atom stereocenters. The summed E-state index contributed by atoms with van der Waals surface area (Å²) in [4.78, 5) is 2.10.